The fourth-order valence-corrected chi connectivity index (χ4v) is 1.94. The Labute approximate surface area is 146 Å². The molecule has 0 amide bonds. The minimum Gasteiger partial charge on any atom is -0.497 e. The number of ether oxygens (including phenoxy) is 4. The van der Waals surface area contributed by atoms with Gasteiger partial charge in [-0.2, -0.15) is 0 Å². The Bertz CT molecular complexity index is 721. The summed E-state index contributed by atoms with van der Waals surface area (Å²) in [7, 11) is 1.57. The van der Waals surface area contributed by atoms with E-state index in [1.54, 1.807) is 63.4 Å². The van der Waals surface area contributed by atoms with Crippen molar-refractivity contribution in [1.29, 1.82) is 0 Å². The van der Waals surface area contributed by atoms with Crippen molar-refractivity contribution in [3.8, 4) is 17.2 Å². The van der Waals surface area contributed by atoms with E-state index < -0.39 is 11.9 Å². The molecule has 132 valence electrons. The smallest absolute Gasteiger partial charge is 0.349 e. The van der Waals surface area contributed by atoms with Gasteiger partial charge in [0.1, 0.15) is 17.2 Å². The van der Waals surface area contributed by atoms with Crippen LogP contribution in [-0.4, -0.2) is 31.8 Å². The minimum absolute atomic E-state index is 0.225. The van der Waals surface area contributed by atoms with E-state index in [0.29, 0.717) is 17.1 Å². The fourth-order valence-electron chi connectivity index (χ4n) is 1.94. The topological polar surface area (TPSA) is 71.1 Å². The van der Waals surface area contributed by atoms with Gasteiger partial charge in [0.05, 0.1) is 18.8 Å². The Hall–Kier alpha value is -3.02. The molecular weight excluding hydrogens is 324 g/mol. The van der Waals surface area contributed by atoms with Gasteiger partial charge in [-0.1, -0.05) is 6.07 Å². The Morgan fingerprint density at radius 2 is 1.64 bits per heavy atom. The van der Waals surface area contributed by atoms with Crippen LogP contribution in [-0.2, 0) is 9.53 Å². The summed E-state index contributed by atoms with van der Waals surface area (Å²) in [5.74, 6) is 0.418. The number of rotatable bonds is 7. The summed E-state index contributed by atoms with van der Waals surface area (Å²) in [6.07, 6.45) is -0.225. The molecule has 2 aromatic carbocycles. The third kappa shape index (κ3) is 5.84. The summed E-state index contributed by atoms with van der Waals surface area (Å²) in [5.41, 5.74) is 0.315. The highest BCUT2D eigenvalue weighted by atomic mass is 16.6. The molecular formula is C19H20O6. The number of hydrogen-bond acceptors (Lipinski definition) is 6. The summed E-state index contributed by atoms with van der Waals surface area (Å²) >= 11 is 0. The van der Waals surface area contributed by atoms with Crippen LogP contribution in [0.2, 0.25) is 0 Å². The second-order valence-electron chi connectivity index (χ2n) is 5.42. The molecule has 2 aromatic rings. The molecule has 0 aliphatic carbocycles. The first-order valence-corrected chi connectivity index (χ1v) is 7.76. The number of carbonyl (C=O) groups excluding carboxylic acids is 2. The van der Waals surface area contributed by atoms with Crippen LogP contribution in [0.3, 0.4) is 0 Å². The molecule has 0 saturated carbocycles. The molecule has 0 aromatic heterocycles. The molecule has 0 unspecified atom stereocenters. The molecule has 25 heavy (non-hydrogen) atoms. The third-order valence-electron chi connectivity index (χ3n) is 3.06. The molecule has 0 heterocycles. The van der Waals surface area contributed by atoms with Crippen LogP contribution in [0, 0.1) is 0 Å². The molecule has 0 saturated heterocycles. The van der Waals surface area contributed by atoms with Crippen LogP contribution < -0.4 is 14.2 Å². The fraction of sp³-hybridized carbons (Fsp3) is 0.263. The molecule has 6 nitrogen and oxygen atoms in total. The quantitative estimate of drug-likeness (QED) is 0.567. The van der Waals surface area contributed by atoms with Gasteiger partial charge < -0.3 is 18.9 Å². The van der Waals surface area contributed by atoms with Gasteiger partial charge in [0, 0.05) is 0 Å². The van der Waals surface area contributed by atoms with Gasteiger partial charge in [0.25, 0.3) is 0 Å². The van der Waals surface area contributed by atoms with Crippen molar-refractivity contribution in [2.24, 2.45) is 0 Å². The second-order valence-corrected chi connectivity index (χ2v) is 5.42. The number of methoxy groups -OCH3 is 1. The average Bonchev–Trinajstić information content (AvgIpc) is 2.60. The van der Waals surface area contributed by atoms with Gasteiger partial charge in [-0.15, -0.1) is 0 Å². The number of carbonyl (C=O) groups is 2. The third-order valence-corrected chi connectivity index (χ3v) is 3.06. The van der Waals surface area contributed by atoms with Crippen molar-refractivity contribution in [3.63, 3.8) is 0 Å². The first-order chi connectivity index (χ1) is 12.0. The summed E-state index contributed by atoms with van der Waals surface area (Å²) < 4.78 is 20.7. The largest absolute Gasteiger partial charge is 0.497 e. The zero-order valence-electron chi connectivity index (χ0n) is 14.4. The van der Waals surface area contributed by atoms with E-state index in [1.807, 2.05) is 0 Å². The maximum Gasteiger partial charge on any atom is 0.349 e. The summed E-state index contributed by atoms with van der Waals surface area (Å²) in [6, 6.07) is 13.1. The minimum atomic E-state index is -0.579. The molecule has 0 fully saturated rings. The Balaban J connectivity index is 1.90. The number of benzene rings is 2. The maximum absolute atomic E-state index is 11.9. The lowest BCUT2D eigenvalue weighted by molar-refractivity contribution is -0.136. The molecule has 0 N–H and O–H groups in total. The van der Waals surface area contributed by atoms with Crippen molar-refractivity contribution < 1.29 is 28.5 Å². The van der Waals surface area contributed by atoms with Crippen LogP contribution in [0.15, 0.2) is 48.5 Å². The molecule has 0 aliphatic heterocycles. The van der Waals surface area contributed by atoms with E-state index in [9.17, 15) is 9.59 Å². The molecule has 2 rings (SSSR count). The SMILES string of the molecule is COc1ccc(OCC(=O)Oc2cccc(C(=O)OC(C)C)c2)cc1. The highest BCUT2D eigenvalue weighted by molar-refractivity contribution is 5.90. The monoisotopic (exact) mass is 344 g/mol. The molecule has 0 atom stereocenters. The van der Waals surface area contributed by atoms with Gasteiger partial charge in [0.2, 0.25) is 0 Å². The predicted octanol–water partition coefficient (Wildman–Crippen LogP) is 3.24. The van der Waals surface area contributed by atoms with Crippen LogP contribution in [0.1, 0.15) is 24.2 Å². The Kier molecular flexibility index (Phi) is 6.39. The molecule has 0 radical (unpaired) electrons. The van der Waals surface area contributed by atoms with E-state index in [0.717, 1.165) is 0 Å². The lowest BCUT2D eigenvalue weighted by Crippen LogP contribution is -2.18. The van der Waals surface area contributed by atoms with Crippen molar-refractivity contribution in [3.05, 3.63) is 54.1 Å². The van der Waals surface area contributed by atoms with Gasteiger partial charge in [0.15, 0.2) is 6.61 Å². The van der Waals surface area contributed by atoms with Gasteiger partial charge in [-0.3, -0.25) is 0 Å². The molecule has 0 bridgehead atoms. The standard InChI is InChI=1S/C19H20O6/c1-13(2)24-19(21)14-5-4-6-17(11-14)25-18(20)12-23-16-9-7-15(22-3)8-10-16/h4-11,13H,12H2,1-3H3. The van der Waals surface area contributed by atoms with E-state index in [2.05, 4.69) is 0 Å². The highest BCUT2D eigenvalue weighted by Gasteiger charge is 2.12. The molecule has 0 spiro atoms. The number of esters is 2. The van der Waals surface area contributed by atoms with Crippen LogP contribution in [0.4, 0.5) is 0 Å². The highest BCUT2D eigenvalue weighted by Crippen LogP contribution is 2.18. The first kappa shape index (κ1) is 18.3. The summed E-state index contributed by atoms with van der Waals surface area (Å²) in [4.78, 5) is 23.7. The zero-order chi connectivity index (χ0) is 18.2. The van der Waals surface area contributed by atoms with E-state index in [4.69, 9.17) is 18.9 Å². The van der Waals surface area contributed by atoms with Crippen LogP contribution in [0.5, 0.6) is 17.2 Å². The average molecular weight is 344 g/mol. The zero-order valence-corrected chi connectivity index (χ0v) is 14.4. The van der Waals surface area contributed by atoms with E-state index in [1.165, 1.54) is 6.07 Å². The van der Waals surface area contributed by atoms with Crippen molar-refractivity contribution in [2.75, 3.05) is 13.7 Å². The predicted molar refractivity (Wildman–Crippen MR) is 91.1 cm³/mol. The van der Waals surface area contributed by atoms with Gasteiger partial charge in [-0.05, 0) is 56.3 Å². The van der Waals surface area contributed by atoms with Gasteiger partial charge in [-0.25, -0.2) is 9.59 Å². The van der Waals surface area contributed by atoms with Gasteiger partial charge >= 0.3 is 11.9 Å². The Morgan fingerprint density at radius 1 is 0.960 bits per heavy atom. The van der Waals surface area contributed by atoms with Crippen molar-refractivity contribution >= 4 is 11.9 Å². The molecule has 0 aliphatic rings. The first-order valence-electron chi connectivity index (χ1n) is 7.76. The van der Waals surface area contributed by atoms with Crippen molar-refractivity contribution in [1.82, 2.24) is 0 Å². The normalized spacial score (nSPS) is 10.2. The Morgan fingerprint density at radius 3 is 2.28 bits per heavy atom. The lowest BCUT2D eigenvalue weighted by atomic mass is 10.2. The second kappa shape index (κ2) is 8.73. The van der Waals surface area contributed by atoms with Crippen LogP contribution >= 0.6 is 0 Å². The lowest BCUT2D eigenvalue weighted by Gasteiger charge is -2.10. The maximum atomic E-state index is 11.9. The van der Waals surface area contributed by atoms with E-state index >= 15 is 0 Å². The summed E-state index contributed by atoms with van der Waals surface area (Å²) in [5, 5.41) is 0. The number of hydrogen-bond donors (Lipinski definition) is 0. The van der Waals surface area contributed by atoms with Crippen LogP contribution in [0.25, 0.3) is 0 Å². The molecule has 6 heteroatoms. The summed E-state index contributed by atoms with van der Waals surface area (Å²) in [6.45, 7) is 3.27. The van der Waals surface area contributed by atoms with Crippen molar-refractivity contribution in [2.45, 2.75) is 20.0 Å². The van der Waals surface area contributed by atoms with E-state index in [-0.39, 0.29) is 18.5 Å².